The molecule has 0 aliphatic heterocycles. The number of rotatable bonds is 9. The highest BCUT2D eigenvalue weighted by Crippen LogP contribution is 2.17. The second-order valence-corrected chi connectivity index (χ2v) is 6.65. The highest BCUT2D eigenvalue weighted by atomic mass is 127. The standard InChI is InChI=1S/C22H32N4O.HI/c1-23-22(25-17-15-19-9-5-6-10-21(19)27-4)24-16-7-8-18-11-13-20(14-12-18)26(2)3;/h5-6,9-14H,7-8,15-17H2,1-4H3,(H2,23,24,25);1H. The Morgan fingerprint density at radius 3 is 2.29 bits per heavy atom. The first-order valence-electron chi connectivity index (χ1n) is 9.46. The number of hydrogen-bond donors (Lipinski definition) is 2. The molecule has 0 atom stereocenters. The second kappa shape index (κ2) is 13.3. The topological polar surface area (TPSA) is 48.9 Å². The molecule has 2 rings (SSSR count). The maximum absolute atomic E-state index is 5.39. The van der Waals surface area contributed by atoms with Gasteiger partial charge in [0.05, 0.1) is 7.11 Å². The average molecular weight is 496 g/mol. The van der Waals surface area contributed by atoms with Gasteiger partial charge in [-0.05, 0) is 48.6 Å². The van der Waals surface area contributed by atoms with Crippen LogP contribution in [0.3, 0.4) is 0 Å². The molecule has 0 saturated heterocycles. The number of anilines is 1. The van der Waals surface area contributed by atoms with E-state index < -0.39 is 0 Å². The number of guanidine groups is 1. The van der Waals surface area contributed by atoms with E-state index in [0.29, 0.717) is 0 Å². The van der Waals surface area contributed by atoms with E-state index in [1.807, 2.05) is 18.2 Å². The number of halogens is 1. The normalized spacial score (nSPS) is 10.8. The Hall–Kier alpha value is -1.96. The zero-order chi connectivity index (χ0) is 19.5. The van der Waals surface area contributed by atoms with Gasteiger partial charge in [-0.25, -0.2) is 0 Å². The molecule has 0 amide bonds. The van der Waals surface area contributed by atoms with E-state index in [2.05, 4.69) is 65.0 Å². The van der Waals surface area contributed by atoms with Gasteiger partial charge in [0.1, 0.15) is 5.75 Å². The summed E-state index contributed by atoms with van der Waals surface area (Å²) in [6.07, 6.45) is 3.01. The fourth-order valence-electron chi connectivity index (χ4n) is 2.91. The Morgan fingerprint density at radius 2 is 1.64 bits per heavy atom. The summed E-state index contributed by atoms with van der Waals surface area (Å²) >= 11 is 0. The van der Waals surface area contributed by atoms with E-state index in [1.165, 1.54) is 16.8 Å². The smallest absolute Gasteiger partial charge is 0.190 e. The molecule has 2 aromatic rings. The third-order valence-electron chi connectivity index (χ3n) is 4.49. The van der Waals surface area contributed by atoms with Crippen LogP contribution in [0, 0.1) is 0 Å². The van der Waals surface area contributed by atoms with Crippen molar-refractivity contribution in [3.8, 4) is 5.75 Å². The van der Waals surface area contributed by atoms with Crippen molar-refractivity contribution in [3.05, 3.63) is 59.7 Å². The first-order valence-corrected chi connectivity index (χ1v) is 9.46. The summed E-state index contributed by atoms with van der Waals surface area (Å²) < 4.78 is 5.39. The van der Waals surface area contributed by atoms with Crippen molar-refractivity contribution in [2.24, 2.45) is 4.99 Å². The number of hydrogen-bond acceptors (Lipinski definition) is 3. The van der Waals surface area contributed by atoms with Crippen LogP contribution in [0.25, 0.3) is 0 Å². The summed E-state index contributed by atoms with van der Waals surface area (Å²) in [7, 11) is 7.63. The molecule has 0 saturated carbocycles. The lowest BCUT2D eigenvalue weighted by molar-refractivity contribution is 0.409. The number of nitrogens with zero attached hydrogens (tertiary/aromatic N) is 2. The molecule has 0 unspecified atom stereocenters. The molecule has 154 valence electrons. The Kier molecular flexibility index (Phi) is 11.4. The molecule has 0 aliphatic rings. The van der Waals surface area contributed by atoms with Gasteiger partial charge in [-0.3, -0.25) is 4.99 Å². The number of methoxy groups -OCH3 is 1. The van der Waals surface area contributed by atoms with Crippen molar-refractivity contribution in [2.45, 2.75) is 19.3 Å². The van der Waals surface area contributed by atoms with Gasteiger partial charge in [0.2, 0.25) is 0 Å². The SMILES string of the molecule is CN=C(NCCCc1ccc(N(C)C)cc1)NCCc1ccccc1OC.I. The van der Waals surface area contributed by atoms with E-state index >= 15 is 0 Å². The van der Waals surface area contributed by atoms with Crippen molar-refractivity contribution in [3.63, 3.8) is 0 Å². The van der Waals surface area contributed by atoms with Crippen LogP contribution in [-0.2, 0) is 12.8 Å². The van der Waals surface area contributed by atoms with Gasteiger partial charge in [-0.15, -0.1) is 24.0 Å². The van der Waals surface area contributed by atoms with Gasteiger partial charge in [0, 0.05) is 39.9 Å². The predicted octanol–water partition coefficient (Wildman–Crippen LogP) is 3.72. The molecular weight excluding hydrogens is 463 g/mol. The molecule has 0 radical (unpaired) electrons. The molecule has 5 nitrogen and oxygen atoms in total. The number of aliphatic imine (C=N–C) groups is 1. The Labute approximate surface area is 186 Å². The van der Waals surface area contributed by atoms with Gasteiger partial charge >= 0.3 is 0 Å². The Balaban J connectivity index is 0.00000392. The van der Waals surface area contributed by atoms with Crippen molar-refractivity contribution in [1.29, 1.82) is 0 Å². The number of ether oxygens (including phenoxy) is 1. The van der Waals surface area contributed by atoms with E-state index in [9.17, 15) is 0 Å². The molecule has 0 spiro atoms. The first kappa shape index (κ1) is 24.1. The minimum Gasteiger partial charge on any atom is -0.496 e. The number of nitrogens with one attached hydrogen (secondary N) is 2. The fraction of sp³-hybridized carbons (Fsp3) is 0.409. The number of benzene rings is 2. The molecule has 0 fully saturated rings. The molecule has 0 bridgehead atoms. The molecule has 2 aromatic carbocycles. The van der Waals surface area contributed by atoms with Gasteiger partial charge in [-0.2, -0.15) is 0 Å². The van der Waals surface area contributed by atoms with Crippen LogP contribution in [0.1, 0.15) is 17.5 Å². The van der Waals surface area contributed by atoms with Crippen LogP contribution in [-0.4, -0.2) is 47.3 Å². The molecule has 0 aliphatic carbocycles. The zero-order valence-electron chi connectivity index (χ0n) is 17.4. The first-order chi connectivity index (χ1) is 13.1. The Morgan fingerprint density at radius 1 is 0.964 bits per heavy atom. The summed E-state index contributed by atoms with van der Waals surface area (Å²) in [5.74, 6) is 1.77. The second-order valence-electron chi connectivity index (χ2n) is 6.65. The van der Waals surface area contributed by atoms with Crippen LogP contribution < -0.4 is 20.3 Å². The largest absolute Gasteiger partial charge is 0.496 e. The minimum atomic E-state index is 0. The molecular formula is C22H33IN4O. The van der Waals surface area contributed by atoms with Gasteiger partial charge in [0.15, 0.2) is 5.96 Å². The summed E-state index contributed by atoms with van der Waals surface area (Å²) in [5, 5.41) is 6.75. The van der Waals surface area contributed by atoms with Crippen LogP contribution in [0.4, 0.5) is 5.69 Å². The van der Waals surface area contributed by atoms with Crippen LogP contribution in [0.2, 0.25) is 0 Å². The zero-order valence-corrected chi connectivity index (χ0v) is 19.7. The van der Waals surface area contributed by atoms with Crippen molar-refractivity contribution < 1.29 is 4.74 Å². The highest BCUT2D eigenvalue weighted by molar-refractivity contribution is 14.0. The van der Waals surface area contributed by atoms with Crippen molar-refractivity contribution in [2.75, 3.05) is 46.2 Å². The predicted molar refractivity (Wildman–Crippen MR) is 131 cm³/mol. The number of aryl methyl sites for hydroxylation is 1. The van der Waals surface area contributed by atoms with Crippen LogP contribution in [0.5, 0.6) is 5.75 Å². The van der Waals surface area contributed by atoms with E-state index in [-0.39, 0.29) is 24.0 Å². The third-order valence-corrected chi connectivity index (χ3v) is 4.49. The summed E-state index contributed by atoms with van der Waals surface area (Å²) in [4.78, 5) is 6.41. The molecule has 6 heteroatoms. The average Bonchev–Trinajstić information content (AvgIpc) is 2.70. The van der Waals surface area contributed by atoms with Crippen molar-refractivity contribution >= 4 is 35.6 Å². The summed E-state index contributed by atoms with van der Waals surface area (Å²) in [5.41, 5.74) is 3.79. The van der Waals surface area contributed by atoms with Crippen LogP contribution >= 0.6 is 24.0 Å². The minimum absolute atomic E-state index is 0. The highest BCUT2D eigenvalue weighted by Gasteiger charge is 2.03. The molecule has 0 aromatic heterocycles. The lowest BCUT2D eigenvalue weighted by Crippen LogP contribution is -2.38. The van der Waals surface area contributed by atoms with E-state index in [1.54, 1.807) is 14.2 Å². The number of para-hydroxylation sites is 1. The van der Waals surface area contributed by atoms with Gasteiger partial charge in [0.25, 0.3) is 0 Å². The van der Waals surface area contributed by atoms with Gasteiger partial charge < -0.3 is 20.3 Å². The lowest BCUT2D eigenvalue weighted by atomic mass is 10.1. The Bertz CT molecular complexity index is 717. The third kappa shape index (κ3) is 7.96. The quantitative estimate of drug-likeness (QED) is 0.241. The fourth-order valence-corrected chi connectivity index (χ4v) is 2.91. The van der Waals surface area contributed by atoms with Gasteiger partial charge in [-0.1, -0.05) is 30.3 Å². The van der Waals surface area contributed by atoms with Crippen LogP contribution in [0.15, 0.2) is 53.5 Å². The monoisotopic (exact) mass is 496 g/mol. The maximum Gasteiger partial charge on any atom is 0.190 e. The maximum atomic E-state index is 5.39. The lowest BCUT2D eigenvalue weighted by Gasteiger charge is -2.14. The van der Waals surface area contributed by atoms with Crippen molar-refractivity contribution in [1.82, 2.24) is 10.6 Å². The summed E-state index contributed by atoms with van der Waals surface area (Å²) in [6, 6.07) is 16.9. The summed E-state index contributed by atoms with van der Waals surface area (Å²) in [6.45, 7) is 1.70. The van der Waals surface area contributed by atoms with E-state index in [4.69, 9.17) is 4.74 Å². The molecule has 2 N–H and O–H groups in total. The van der Waals surface area contributed by atoms with E-state index in [0.717, 1.165) is 44.1 Å². The molecule has 0 heterocycles. The molecule has 28 heavy (non-hydrogen) atoms.